The lowest BCUT2D eigenvalue weighted by molar-refractivity contribution is 0.0565. The van der Waals surface area contributed by atoms with Crippen LogP contribution in [-0.4, -0.2) is 62.4 Å². The third-order valence-electron chi connectivity index (χ3n) is 5.13. The summed E-state index contributed by atoms with van der Waals surface area (Å²) in [5.41, 5.74) is 0.497. The molecule has 0 aliphatic carbocycles. The summed E-state index contributed by atoms with van der Waals surface area (Å²) in [5.74, 6) is -0.266. The Morgan fingerprint density at radius 2 is 1.81 bits per heavy atom. The molecule has 7 nitrogen and oxygen atoms in total. The number of hydrogen-bond donors (Lipinski definition) is 1. The van der Waals surface area contributed by atoms with Crippen molar-refractivity contribution in [3.63, 3.8) is 0 Å². The second-order valence-corrected chi connectivity index (χ2v) is 6.85. The molecule has 2 atom stereocenters. The molecule has 2 bridgehead atoms. The minimum atomic E-state index is -0.273. The zero-order chi connectivity index (χ0) is 18.1. The van der Waals surface area contributed by atoms with Crippen molar-refractivity contribution in [3.8, 4) is 5.75 Å². The highest BCUT2D eigenvalue weighted by atomic mass is 16.3. The van der Waals surface area contributed by atoms with Gasteiger partial charge in [-0.1, -0.05) is 6.07 Å². The minimum Gasteiger partial charge on any atom is -0.505 e. The maximum atomic E-state index is 12.9. The van der Waals surface area contributed by atoms with Crippen LogP contribution in [-0.2, 0) is 0 Å². The van der Waals surface area contributed by atoms with Crippen LogP contribution in [0, 0.1) is 5.92 Å². The molecule has 0 saturated carbocycles. The Balaban J connectivity index is 1.56. The smallest absolute Gasteiger partial charge is 0.276 e. The van der Waals surface area contributed by atoms with Crippen molar-refractivity contribution in [2.24, 2.45) is 5.92 Å². The quantitative estimate of drug-likeness (QED) is 0.886. The SMILES string of the molecule is O=C(c1ccccn1)N1C[C@@H]2CC[C@H](C1)N(C(=O)c1ncccc1O)C2. The summed E-state index contributed by atoms with van der Waals surface area (Å²) in [7, 11) is 0. The van der Waals surface area contributed by atoms with Crippen LogP contribution in [0.4, 0.5) is 0 Å². The Bertz CT molecular complexity index is 827. The van der Waals surface area contributed by atoms with Gasteiger partial charge < -0.3 is 14.9 Å². The Morgan fingerprint density at radius 1 is 0.962 bits per heavy atom. The first-order valence-electron chi connectivity index (χ1n) is 8.78. The van der Waals surface area contributed by atoms with E-state index in [9.17, 15) is 14.7 Å². The van der Waals surface area contributed by atoms with Crippen LogP contribution in [0.5, 0.6) is 5.75 Å². The molecule has 2 aromatic rings. The van der Waals surface area contributed by atoms with Gasteiger partial charge in [0.1, 0.15) is 11.4 Å². The van der Waals surface area contributed by atoms with E-state index in [0.717, 1.165) is 12.8 Å². The van der Waals surface area contributed by atoms with Crippen LogP contribution in [0.1, 0.15) is 33.8 Å². The molecular weight excluding hydrogens is 332 g/mol. The molecule has 7 heteroatoms. The summed E-state index contributed by atoms with van der Waals surface area (Å²) in [5, 5.41) is 9.96. The highest BCUT2D eigenvalue weighted by molar-refractivity contribution is 5.95. The van der Waals surface area contributed by atoms with Crippen molar-refractivity contribution >= 4 is 11.8 Å². The molecule has 3 aliphatic rings. The predicted molar refractivity (Wildman–Crippen MR) is 93.6 cm³/mol. The maximum Gasteiger partial charge on any atom is 0.276 e. The van der Waals surface area contributed by atoms with Crippen molar-refractivity contribution in [1.82, 2.24) is 19.8 Å². The fraction of sp³-hybridized carbons (Fsp3) is 0.368. The van der Waals surface area contributed by atoms with E-state index in [-0.39, 0.29) is 35.2 Å². The van der Waals surface area contributed by atoms with Crippen LogP contribution in [0.15, 0.2) is 42.7 Å². The standard InChI is InChI=1S/C19H20N4O3/c24-16-5-3-9-21-17(16)19(26)23-11-13-6-7-14(23)12-22(10-13)18(25)15-4-1-2-8-20-15/h1-5,8-9,13-14,24H,6-7,10-12H2/t13-,14+/m0/s1. The lowest BCUT2D eigenvalue weighted by Gasteiger charge is -2.35. The van der Waals surface area contributed by atoms with Crippen molar-refractivity contribution in [2.75, 3.05) is 19.6 Å². The highest BCUT2D eigenvalue weighted by Gasteiger charge is 2.40. The van der Waals surface area contributed by atoms with Crippen molar-refractivity contribution < 1.29 is 14.7 Å². The van der Waals surface area contributed by atoms with Crippen molar-refractivity contribution in [2.45, 2.75) is 18.9 Å². The average molecular weight is 352 g/mol. The summed E-state index contributed by atoms with van der Waals surface area (Å²) in [6.07, 6.45) is 4.93. The summed E-state index contributed by atoms with van der Waals surface area (Å²) < 4.78 is 0. The van der Waals surface area contributed by atoms with E-state index in [1.54, 1.807) is 40.3 Å². The van der Waals surface area contributed by atoms with Gasteiger partial charge in [0.25, 0.3) is 11.8 Å². The lowest BCUT2D eigenvalue weighted by Crippen LogP contribution is -2.48. The summed E-state index contributed by atoms with van der Waals surface area (Å²) in [6.45, 7) is 1.67. The van der Waals surface area contributed by atoms with Gasteiger partial charge in [-0.2, -0.15) is 0 Å². The minimum absolute atomic E-state index is 0.0719. The van der Waals surface area contributed by atoms with E-state index in [1.165, 1.54) is 12.3 Å². The molecule has 3 aliphatic heterocycles. The number of piperidine rings is 1. The number of aromatic hydroxyl groups is 1. The molecule has 0 radical (unpaired) electrons. The second kappa shape index (κ2) is 6.74. The van der Waals surface area contributed by atoms with E-state index < -0.39 is 0 Å². The number of nitrogens with zero attached hydrogens (tertiary/aromatic N) is 4. The third kappa shape index (κ3) is 3.00. The molecule has 3 saturated heterocycles. The first-order valence-corrected chi connectivity index (χ1v) is 8.78. The van der Waals surface area contributed by atoms with E-state index in [4.69, 9.17) is 0 Å². The summed E-state index contributed by atoms with van der Waals surface area (Å²) in [4.78, 5) is 37.4. The van der Waals surface area contributed by atoms with Crippen LogP contribution < -0.4 is 0 Å². The molecule has 5 heterocycles. The number of rotatable bonds is 2. The first kappa shape index (κ1) is 16.5. The molecule has 0 unspecified atom stereocenters. The number of hydrogen-bond acceptors (Lipinski definition) is 5. The Labute approximate surface area is 151 Å². The third-order valence-corrected chi connectivity index (χ3v) is 5.13. The Kier molecular flexibility index (Phi) is 4.28. The van der Waals surface area contributed by atoms with Gasteiger partial charge in [0.2, 0.25) is 0 Å². The molecule has 1 N–H and O–H groups in total. The van der Waals surface area contributed by atoms with Crippen LogP contribution in [0.2, 0.25) is 0 Å². The van der Waals surface area contributed by atoms with Gasteiger partial charge in [0.15, 0.2) is 5.69 Å². The van der Waals surface area contributed by atoms with Gasteiger partial charge in [0, 0.05) is 38.1 Å². The number of aromatic nitrogens is 2. The zero-order valence-corrected chi connectivity index (χ0v) is 14.3. The van der Waals surface area contributed by atoms with Crippen molar-refractivity contribution in [3.05, 3.63) is 54.1 Å². The molecule has 26 heavy (non-hydrogen) atoms. The average Bonchev–Trinajstić information content (AvgIpc) is 3.00. The van der Waals surface area contributed by atoms with Gasteiger partial charge in [-0.15, -0.1) is 0 Å². The number of fused-ring (bicyclic) bond motifs is 4. The normalized spacial score (nSPS) is 22.2. The summed E-state index contributed by atoms with van der Waals surface area (Å²) in [6, 6.07) is 8.27. The molecule has 134 valence electrons. The maximum absolute atomic E-state index is 12.9. The molecule has 0 aromatic carbocycles. The molecule has 0 spiro atoms. The number of carbonyl (C=O) groups excluding carboxylic acids is 2. The number of pyridine rings is 2. The highest BCUT2D eigenvalue weighted by Crippen LogP contribution is 2.30. The largest absolute Gasteiger partial charge is 0.505 e. The fourth-order valence-electron chi connectivity index (χ4n) is 3.85. The molecular formula is C19H20N4O3. The second-order valence-electron chi connectivity index (χ2n) is 6.85. The van der Waals surface area contributed by atoms with Gasteiger partial charge in [-0.25, -0.2) is 4.98 Å². The van der Waals surface area contributed by atoms with E-state index in [2.05, 4.69) is 9.97 Å². The van der Waals surface area contributed by atoms with Gasteiger partial charge >= 0.3 is 0 Å². The van der Waals surface area contributed by atoms with E-state index >= 15 is 0 Å². The topological polar surface area (TPSA) is 86.6 Å². The summed E-state index contributed by atoms with van der Waals surface area (Å²) >= 11 is 0. The van der Waals surface area contributed by atoms with Crippen LogP contribution >= 0.6 is 0 Å². The van der Waals surface area contributed by atoms with Gasteiger partial charge in [-0.3, -0.25) is 14.6 Å². The van der Waals surface area contributed by atoms with E-state index in [1.807, 2.05) is 0 Å². The van der Waals surface area contributed by atoms with E-state index in [0.29, 0.717) is 25.3 Å². The Morgan fingerprint density at radius 3 is 2.58 bits per heavy atom. The lowest BCUT2D eigenvalue weighted by atomic mass is 9.94. The van der Waals surface area contributed by atoms with Gasteiger partial charge in [0.05, 0.1) is 0 Å². The van der Waals surface area contributed by atoms with Gasteiger partial charge in [-0.05, 0) is 43.0 Å². The molecule has 2 amide bonds. The van der Waals surface area contributed by atoms with Crippen LogP contribution in [0.25, 0.3) is 0 Å². The molecule has 2 aromatic heterocycles. The number of carbonyl (C=O) groups is 2. The Hall–Kier alpha value is -2.96. The monoisotopic (exact) mass is 352 g/mol. The number of amides is 2. The van der Waals surface area contributed by atoms with Crippen molar-refractivity contribution in [1.29, 1.82) is 0 Å². The van der Waals surface area contributed by atoms with Crippen LogP contribution in [0.3, 0.4) is 0 Å². The predicted octanol–water partition coefficient (Wildman–Crippen LogP) is 1.56. The fourth-order valence-corrected chi connectivity index (χ4v) is 3.85. The first-order chi connectivity index (χ1) is 12.6. The molecule has 5 rings (SSSR count). The zero-order valence-electron chi connectivity index (χ0n) is 14.3. The molecule has 3 fully saturated rings.